The van der Waals surface area contributed by atoms with Crippen LogP contribution in [0.1, 0.15) is 28.2 Å². The minimum absolute atomic E-state index is 0.0606. The van der Waals surface area contributed by atoms with Crippen LogP contribution >= 0.6 is 11.3 Å². The number of nitrogens with one attached hydrogen (secondary N) is 1. The summed E-state index contributed by atoms with van der Waals surface area (Å²) in [4.78, 5) is 24.6. The van der Waals surface area contributed by atoms with Gasteiger partial charge in [-0.2, -0.15) is 0 Å². The molecule has 2 N–H and O–H groups in total. The third kappa shape index (κ3) is 5.15. The number of hydrogen-bond acceptors (Lipinski definition) is 7. The molecule has 3 aromatic rings. The van der Waals surface area contributed by atoms with Gasteiger partial charge >= 0.3 is 0 Å². The number of nitrogens with zero attached hydrogens (tertiary/aromatic N) is 2. The SMILES string of the molecule is COCCN(Cc1nc2sc3c(c2c(=O)[nH]1)CCC3)C[C@H](O)COc1ccccc1C. The topological polar surface area (TPSA) is 87.7 Å². The number of aliphatic hydroxyl groups excluding tert-OH is 1. The van der Waals surface area contributed by atoms with Crippen LogP contribution in [0.3, 0.4) is 0 Å². The number of aromatic nitrogens is 2. The Hall–Kier alpha value is -2.26. The molecule has 166 valence electrons. The molecule has 1 aromatic carbocycles. The molecule has 7 nitrogen and oxygen atoms in total. The van der Waals surface area contributed by atoms with E-state index in [-0.39, 0.29) is 12.2 Å². The number of fused-ring (bicyclic) bond motifs is 3. The zero-order valence-electron chi connectivity index (χ0n) is 18.0. The molecule has 0 aliphatic heterocycles. The normalized spacial score (nSPS) is 14.3. The van der Waals surface area contributed by atoms with Gasteiger partial charge in [-0.05, 0) is 43.4 Å². The Morgan fingerprint density at radius 1 is 1.32 bits per heavy atom. The number of rotatable bonds is 10. The fourth-order valence-electron chi connectivity index (χ4n) is 4.04. The molecule has 1 aliphatic carbocycles. The summed E-state index contributed by atoms with van der Waals surface area (Å²) < 4.78 is 11.0. The van der Waals surface area contributed by atoms with Gasteiger partial charge in [-0.15, -0.1) is 11.3 Å². The van der Waals surface area contributed by atoms with Gasteiger partial charge in [-0.25, -0.2) is 4.98 Å². The highest BCUT2D eigenvalue weighted by atomic mass is 32.1. The maximum absolute atomic E-state index is 12.7. The second-order valence-electron chi connectivity index (χ2n) is 8.01. The Morgan fingerprint density at radius 2 is 2.16 bits per heavy atom. The van der Waals surface area contributed by atoms with Gasteiger partial charge in [0.05, 0.1) is 18.5 Å². The lowest BCUT2D eigenvalue weighted by Gasteiger charge is -2.24. The Labute approximate surface area is 185 Å². The summed E-state index contributed by atoms with van der Waals surface area (Å²) in [6.07, 6.45) is 2.44. The number of aromatic amines is 1. The lowest BCUT2D eigenvalue weighted by molar-refractivity contribution is 0.0531. The van der Waals surface area contributed by atoms with Gasteiger partial charge < -0.3 is 19.6 Å². The van der Waals surface area contributed by atoms with E-state index in [0.29, 0.717) is 32.1 Å². The molecule has 1 aliphatic rings. The number of benzene rings is 1. The standard InChI is InChI=1S/C23H29N3O4S/c1-15-6-3-4-8-18(15)30-14-16(27)12-26(10-11-29-2)13-20-24-22(28)21-17-7-5-9-19(17)31-23(21)25-20/h3-4,6,8,16,27H,5,7,9-14H2,1-2H3,(H,24,25,28)/t16-/m0/s1. The average molecular weight is 444 g/mol. The van der Waals surface area contributed by atoms with Gasteiger partial charge in [-0.3, -0.25) is 9.69 Å². The Balaban J connectivity index is 1.44. The number of aryl methyl sites for hydroxylation is 3. The van der Waals surface area contributed by atoms with Crippen molar-refractivity contribution >= 4 is 21.6 Å². The van der Waals surface area contributed by atoms with Gasteiger partial charge in [0.25, 0.3) is 5.56 Å². The van der Waals surface area contributed by atoms with Crippen molar-refractivity contribution in [3.63, 3.8) is 0 Å². The molecule has 8 heteroatoms. The van der Waals surface area contributed by atoms with Gasteiger partial charge in [-0.1, -0.05) is 18.2 Å². The van der Waals surface area contributed by atoms with Crippen molar-refractivity contribution in [2.24, 2.45) is 0 Å². The molecular weight excluding hydrogens is 414 g/mol. The van der Waals surface area contributed by atoms with E-state index in [2.05, 4.69) is 4.98 Å². The fraction of sp³-hybridized carbons (Fsp3) is 0.478. The summed E-state index contributed by atoms with van der Waals surface area (Å²) in [5, 5.41) is 11.3. The number of hydrogen-bond donors (Lipinski definition) is 2. The summed E-state index contributed by atoms with van der Waals surface area (Å²) in [5.74, 6) is 1.38. The number of methoxy groups -OCH3 is 1. The summed E-state index contributed by atoms with van der Waals surface area (Å²) in [7, 11) is 1.65. The molecular formula is C23H29N3O4S. The summed E-state index contributed by atoms with van der Waals surface area (Å²) in [6, 6.07) is 7.74. The molecule has 1 atom stereocenters. The predicted octanol–water partition coefficient (Wildman–Crippen LogP) is 2.67. The van der Waals surface area contributed by atoms with E-state index < -0.39 is 6.10 Å². The van der Waals surface area contributed by atoms with Crippen molar-refractivity contribution in [3.8, 4) is 5.75 Å². The molecule has 2 heterocycles. The van der Waals surface area contributed by atoms with Crippen molar-refractivity contribution < 1.29 is 14.6 Å². The van der Waals surface area contributed by atoms with Crippen molar-refractivity contribution in [1.29, 1.82) is 0 Å². The first-order valence-electron chi connectivity index (χ1n) is 10.7. The van der Waals surface area contributed by atoms with E-state index in [1.165, 1.54) is 10.4 Å². The molecule has 0 unspecified atom stereocenters. The number of ether oxygens (including phenoxy) is 2. The second kappa shape index (κ2) is 9.91. The largest absolute Gasteiger partial charge is 0.491 e. The maximum Gasteiger partial charge on any atom is 0.259 e. The quantitative estimate of drug-likeness (QED) is 0.501. The highest BCUT2D eigenvalue weighted by Gasteiger charge is 2.22. The highest BCUT2D eigenvalue weighted by molar-refractivity contribution is 7.18. The number of H-pyrrole nitrogens is 1. The fourth-order valence-corrected chi connectivity index (χ4v) is 5.32. The van der Waals surface area contributed by atoms with E-state index in [0.717, 1.165) is 40.8 Å². The van der Waals surface area contributed by atoms with Crippen molar-refractivity contribution in [2.75, 3.05) is 33.4 Å². The number of para-hydroxylation sites is 1. The van der Waals surface area contributed by atoms with Gasteiger partial charge in [0.15, 0.2) is 0 Å². The average Bonchev–Trinajstić information content (AvgIpc) is 3.32. The lowest BCUT2D eigenvalue weighted by atomic mass is 10.2. The molecule has 0 radical (unpaired) electrons. The van der Waals surface area contributed by atoms with Crippen LogP contribution in [-0.4, -0.2) is 59.5 Å². The lowest BCUT2D eigenvalue weighted by Crippen LogP contribution is -2.38. The first-order chi connectivity index (χ1) is 15.0. The van der Waals surface area contributed by atoms with E-state index >= 15 is 0 Å². The van der Waals surface area contributed by atoms with E-state index in [1.807, 2.05) is 36.1 Å². The van der Waals surface area contributed by atoms with Gasteiger partial charge in [0.1, 0.15) is 29.1 Å². The van der Waals surface area contributed by atoms with Crippen LogP contribution in [0.2, 0.25) is 0 Å². The summed E-state index contributed by atoms with van der Waals surface area (Å²) in [5.41, 5.74) is 2.15. The third-order valence-corrected chi connectivity index (χ3v) is 6.79. The first-order valence-corrected chi connectivity index (χ1v) is 11.5. The first kappa shape index (κ1) is 22.0. The van der Waals surface area contributed by atoms with Crippen LogP contribution in [0.4, 0.5) is 0 Å². The molecule has 0 fully saturated rings. The molecule has 4 rings (SSSR count). The molecule has 0 amide bonds. The van der Waals surface area contributed by atoms with Crippen LogP contribution in [0.15, 0.2) is 29.1 Å². The Bertz CT molecular complexity index is 1090. The van der Waals surface area contributed by atoms with Crippen LogP contribution in [0.25, 0.3) is 10.2 Å². The van der Waals surface area contributed by atoms with E-state index in [4.69, 9.17) is 14.5 Å². The van der Waals surface area contributed by atoms with Gasteiger partial charge in [0, 0.05) is 25.1 Å². The van der Waals surface area contributed by atoms with Crippen molar-refractivity contribution in [1.82, 2.24) is 14.9 Å². The predicted molar refractivity (Wildman–Crippen MR) is 122 cm³/mol. The summed E-state index contributed by atoms with van der Waals surface area (Å²) in [6.45, 7) is 4.11. The smallest absolute Gasteiger partial charge is 0.259 e. The monoisotopic (exact) mass is 443 g/mol. The van der Waals surface area contributed by atoms with E-state index in [9.17, 15) is 9.90 Å². The minimum Gasteiger partial charge on any atom is -0.491 e. The van der Waals surface area contributed by atoms with Gasteiger partial charge in [0.2, 0.25) is 0 Å². The number of thiophene rings is 1. The van der Waals surface area contributed by atoms with Crippen LogP contribution in [0, 0.1) is 6.92 Å². The molecule has 0 bridgehead atoms. The molecule has 0 saturated heterocycles. The molecule has 2 aromatic heterocycles. The second-order valence-corrected chi connectivity index (χ2v) is 9.09. The van der Waals surface area contributed by atoms with Crippen molar-refractivity contribution in [3.05, 3.63) is 56.4 Å². The number of aliphatic hydroxyl groups is 1. The maximum atomic E-state index is 12.7. The molecule has 31 heavy (non-hydrogen) atoms. The Kier molecular flexibility index (Phi) is 7.02. The molecule has 0 spiro atoms. The van der Waals surface area contributed by atoms with Crippen molar-refractivity contribution in [2.45, 2.75) is 38.8 Å². The highest BCUT2D eigenvalue weighted by Crippen LogP contribution is 2.34. The molecule has 0 saturated carbocycles. The minimum atomic E-state index is -0.683. The Morgan fingerprint density at radius 3 is 2.97 bits per heavy atom. The van der Waals surface area contributed by atoms with Crippen LogP contribution < -0.4 is 10.3 Å². The van der Waals surface area contributed by atoms with Crippen LogP contribution in [0.5, 0.6) is 5.75 Å². The zero-order valence-corrected chi connectivity index (χ0v) is 18.8. The summed E-state index contributed by atoms with van der Waals surface area (Å²) >= 11 is 1.64. The zero-order chi connectivity index (χ0) is 21.8. The third-order valence-electron chi connectivity index (χ3n) is 5.60. The van der Waals surface area contributed by atoms with E-state index in [1.54, 1.807) is 18.4 Å². The van der Waals surface area contributed by atoms with Crippen LogP contribution in [-0.2, 0) is 24.1 Å².